The van der Waals surface area contributed by atoms with Gasteiger partial charge >= 0.3 is 5.97 Å². The number of carbonyl (C=O) groups is 1. The molecule has 1 fully saturated rings. The average molecular weight is 228 g/mol. The third kappa shape index (κ3) is 2.63. The van der Waals surface area contributed by atoms with Crippen molar-refractivity contribution in [2.45, 2.75) is 12.8 Å². The number of sulfone groups is 1. The highest BCUT2D eigenvalue weighted by Gasteiger charge is 2.42. The van der Waals surface area contributed by atoms with Gasteiger partial charge in [-0.25, -0.2) is 17.2 Å². The molecule has 82 valence electrons. The zero-order chi connectivity index (χ0) is 10.9. The molecule has 14 heavy (non-hydrogen) atoms. The van der Waals surface area contributed by atoms with Crippen LogP contribution in [0.2, 0.25) is 0 Å². The molecule has 1 rings (SSSR count). The fourth-order valence-electron chi connectivity index (χ4n) is 1.65. The van der Waals surface area contributed by atoms with Crippen LogP contribution >= 0.6 is 0 Å². The number of hydrogen-bond acceptors (Lipinski definition) is 3. The Hall–Kier alpha value is -0.720. The summed E-state index contributed by atoms with van der Waals surface area (Å²) in [5.74, 6) is -4.38. The minimum absolute atomic E-state index is 0.436. The van der Waals surface area contributed by atoms with E-state index in [0.717, 1.165) is 0 Å². The van der Waals surface area contributed by atoms with Gasteiger partial charge in [-0.15, -0.1) is 0 Å². The Kier molecular flexibility index (Phi) is 3.08. The fourth-order valence-corrected chi connectivity index (χ4v) is 3.77. The smallest absolute Gasteiger partial charge is 0.307 e. The molecule has 1 heterocycles. The Morgan fingerprint density at radius 2 is 2.00 bits per heavy atom. The van der Waals surface area contributed by atoms with Gasteiger partial charge in [0.05, 0.1) is 17.4 Å². The van der Waals surface area contributed by atoms with E-state index in [9.17, 15) is 22.0 Å². The summed E-state index contributed by atoms with van der Waals surface area (Å²) in [6.45, 7) is 0. The minimum Gasteiger partial charge on any atom is -0.481 e. The largest absolute Gasteiger partial charge is 0.481 e. The summed E-state index contributed by atoms with van der Waals surface area (Å²) in [4.78, 5) is 10.6. The molecule has 0 spiro atoms. The standard InChI is InChI=1S/C7H10F2O4S/c8-6(9)1-4-2-14(12,13)3-5(4)7(10)11/h4-6H,1-3H2,(H,10,11). The van der Waals surface area contributed by atoms with Gasteiger partial charge in [0.25, 0.3) is 0 Å². The third-order valence-corrected chi connectivity index (χ3v) is 4.07. The predicted octanol–water partition coefficient (Wildman–Crippen LogP) is 0.387. The van der Waals surface area contributed by atoms with Crippen molar-refractivity contribution >= 4 is 15.8 Å². The molecule has 7 heteroatoms. The zero-order valence-electron chi connectivity index (χ0n) is 7.19. The Labute approximate surface area is 79.8 Å². The molecule has 0 amide bonds. The first kappa shape index (κ1) is 11.4. The van der Waals surface area contributed by atoms with Crippen LogP contribution in [-0.4, -0.2) is 37.4 Å². The van der Waals surface area contributed by atoms with Crippen LogP contribution in [0.25, 0.3) is 0 Å². The molecule has 0 saturated carbocycles. The SMILES string of the molecule is O=C(O)C1CS(=O)(=O)CC1CC(F)F. The lowest BCUT2D eigenvalue weighted by molar-refractivity contribution is -0.142. The van der Waals surface area contributed by atoms with Gasteiger partial charge in [0.15, 0.2) is 9.84 Å². The highest BCUT2D eigenvalue weighted by atomic mass is 32.2. The van der Waals surface area contributed by atoms with Gasteiger partial charge in [0.1, 0.15) is 0 Å². The van der Waals surface area contributed by atoms with Gasteiger partial charge in [-0.05, 0) is 5.92 Å². The Bertz CT molecular complexity index is 325. The van der Waals surface area contributed by atoms with Crippen LogP contribution in [-0.2, 0) is 14.6 Å². The summed E-state index contributed by atoms with van der Waals surface area (Å²) < 4.78 is 46.0. The third-order valence-electron chi connectivity index (χ3n) is 2.27. The molecule has 2 atom stereocenters. The number of carboxylic acids is 1. The number of halogens is 2. The molecule has 0 aromatic heterocycles. The van der Waals surface area contributed by atoms with Crippen molar-refractivity contribution in [3.8, 4) is 0 Å². The summed E-state index contributed by atoms with van der Waals surface area (Å²) >= 11 is 0. The molecule has 2 unspecified atom stereocenters. The zero-order valence-corrected chi connectivity index (χ0v) is 8.01. The van der Waals surface area contributed by atoms with Gasteiger partial charge < -0.3 is 5.11 Å². The van der Waals surface area contributed by atoms with E-state index in [4.69, 9.17) is 5.11 Å². The first-order chi connectivity index (χ1) is 6.32. The van der Waals surface area contributed by atoms with Crippen molar-refractivity contribution in [2.75, 3.05) is 11.5 Å². The van der Waals surface area contributed by atoms with E-state index in [1.165, 1.54) is 0 Å². The second kappa shape index (κ2) is 3.80. The van der Waals surface area contributed by atoms with Crippen LogP contribution in [0.1, 0.15) is 6.42 Å². The number of rotatable bonds is 3. The molecule has 1 aliphatic rings. The van der Waals surface area contributed by atoms with Gasteiger partial charge in [-0.3, -0.25) is 4.79 Å². The highest BCUT2D eigenvalue weighted by Crippen LogP contribution is 2.30. The molecule has 1 saturated heterocycles. The Morgan fingerprint density at radius 3 is 2.43 bits per heavy atom. The number of hydrogen-bond donors (Lipinski definition) is 1. The van der Waals surface area contributed by atoms with E-state index in [1.54, 1.807) is 0 Å². The minimum atomic E-state index is -3.45. The summed E-state index contributed by atoms with van der Waals surface area (Å²) in [5.41, 5.74) is 0. The lowest BCUT2D eigenvalue weighted by Crippen LogP contribution is -2.23. The van der Waals surface area contributed by atoms with Crippen molar-refractivity contribution in [3.63, 3.8) is 0 Å². The molecule has 0 aliphatic carbocycles. The molecular weight excluding hydrogens is 218 g/mol. The van der Waals surface area contributed by atoms with E-state index < -0.39 is 52.0 Å². The van der Waals surface area contributed by atoms with Crippen molar-refractivity contribution in [2.24, 2.45) is 11.8 Å². The van der Waals surface area contributed by atoms with Crippen LogP contribution in [0, 0.1) is 11.8 Å². The van der Waals surface area contributed by atoms with Crippen molar-refractivity contribution in [1.82, 2.24) is 0 Å². The number of aliphatic carboxylic acids is 1. The van der Waals surface area contributed by atoms with Crippen LogP contribution in [0.15, 0.2) is 0 Å². The summed E-state index contributed by atoms with van der Waals surface area (Å²) in [6, 6.07) is 0. The molecule has 4 nitrogen and oxygen atoms in total. The van der Waals surface area contributed by atoms with E-state index in [1.807, 2.05) is 0 Å². The first-order valence-electron chi connectivity index (χ1n) is 4.03. The van der Waals surface area contributed by atoms with Gasteiger partial charge in [0, 0.05) is 6.42 Å². The summed E-state index contributed by atoms with van der Waals surface area (Å²) in [7, 11) is -3.45. The Balaban J connectivity index is 2.78. The van der Waals surface area contributed by atoms with Gasteiger partial charge in [-0.1, -0.05) is 0 Å². The fraction of sp³-hybridized carbons (Fsp3) is 0.857. The quantitative estimate of drug-likeness (QED) is 0.758. The van der Waals surface area contributed by atoms with E-state index in [2.05, 4.69) is 0 Å². The maximum atomic E-state index is 12.0. The van der Waals surface area contributed by atoms with Crippen molar-refractivity contribution in [1.29, 1.82) is 0 Å². The normalized spacial score (nSPS) is 30.8. The maximum absolute atomic E-state index is 12.0. The molecular formula is C7H10F2O4S. The molecule has 1 aliphatic heterocycles. The first-order valence-corrected chi connectivity index (χ1v) is 5.85. The average Bonchev–Trinajstić information content (AvgIpc) is 2.24. The molecule has 0 aromatic rings. The molecule has 0 bridgehead atoms. The maximum Gasteiger partial charge on any atom is 0.307 e. The van der Waals surface area contributed by atoms with Crippen LogP contribution in [0.5, 0.6) is 0 Å². The summed E-state index contributed by atoms with van der Waals surface area (Å²) in [6.07, 6.45) is -3.31. The van der Waals surface area contributed by atoms with Crippen LogP contribution in [0.3, 0.4) is 0 Å². The lowest BCUT2D eigenvalue weighted by Gasteiger charge is -2.12. The lowest BCUT2D eigenvalue weighted by atomic mass is 9.93. The van der Waals surface area contributed by atoms with E-state index >= 15 is 0 Å². The second-order valence-electron chi connectivity index (χ2n) is 3.41. The van der Waals surface area contributed by atoms with Crippen LogP contribution < -0.4 is 0 Å². The second-order valence-corrected chi connectivity index (χ2v) is 5.56. The van der Waals surface area contributed by atoms with Crippen molar-refractivity contribution < 1.29 is 27.1 Å². The van der Waals surface area contributed by atoms with E-state index in [-0.39, 0.29) is 0 Å². The Morgan fingerprint density at radius 1 is 1.43 bits per heavy atom. The highest BCUT2D eigenvalue weighted by molar-refractivity contribution is 7.91. The molecule has 1 N–H and O–H groups in total. The topological polar surface area (TPSA) is 71.4 Å². The van der Waals surface area contributed by atoms with Crippen molar-refractivity contribution in [3.05, 3.63) is 0 Å². The predicted molar refractivity (Wildman–Crippen MR) is 43.9 cm³/mol. The van der Waals surface area contributed by atoms with Crippen LogP contribution in [0.4, 0.5) is 8.78 Å². The van der Waals surface area contributed by atoms with E-state index in [0.29, 0.717) is 0 Å². The van der Waals surface area contributed by atoms with Gasteiger partial charge in [-0.2, -0.15) is 0 Å². The summed E-state index contributed by atoms with van der Waals surface area (Å²) in [5, 5.41) is 8.62. The number of carboxylic acid groups (broad SMARTS) is 1. The molecule has 0 aromatic carbocycles. The molecule has 0 radical (unpaired) electrons. The monoisotopic (exact) mass is 228 g/mol. The van der Waals surface area contributed by atoms with Gasteiger partial charge in [0.2, 0.25) is 6.43 Å². The number of alkyl halides is 2.